The lowest BCUT2D eigenvalue weighted by Gasteiger charge is -2.05. The molecule has 3 N–H and O–H groups in total. The molecule has 0 spiro atoms. The van der Waals surface area contributed by atoms with E-state index in [1.807, 2.05) is 0 Å². The Morgan fingerprint density at radius 2 is 1.60 bits per heavy atom. The molecule has 0 fully saturated rings. The standard InChI is InChI=1S/C11H23NO2.ClH/c1-2-3-4-5-6-7-8-9-10(12)11(13)14;/h10H,2-9,12H2,1H3,(H,13,14);1H/t10-;/m1./s1. The van der Waals surface area contributed by atoms with E-state index in [9.17, 15) is 4.79 Å². The molecule has 92 valence electrons. The van der Waals surface area contributed by atoms with E-state index in [2.05, 4.69) is 6.92 Å². The molecule has 0 saturated heterocycles. The number of rotatable bonds is 9. The summed E-state index contributed by atoms with van der Waals surface area (Å²) in [6.45, 7) is 2.20. The highest BCUT2D eigenvalue weighted by Gasteiger charge is 2.09. The molecule has 0 amide bonds. The molecule has 0 bridgehead atoms. The third kappa shape index (κ3) is 11.6. The number of carboxylic acids is 1. The van der Waals surface area contributed by atoms with E-state index in [4.69, 9.17) is 10.8 Å². The summed E-state index contributed by atoms with van der Waals surface area (Å²) in [5.41, 5.74) is 5.38. The summed E-state index contributed by atoms with van der Waals surface area (Å²) < 4.78 is 0. The highest BCUT2D eigenvalue weighted by atomic mass is 35.5. The van der Waals surface area contributed by atoms with Crippen molar-refractivity contribution in [1.82, 2.24) is 0 Å². The minimum Gasteiger partial charge on any atom is -0.480 e. The zero-order valence-electron chi connectivity index (χ0n) is 9.58. The molecule has 0 heterocycles. The molecule has 1 atom stereocenters. The van der Waals surface area contributed by atoms with E-state index >= 15 is 0 Å². The first-order valence-electron chi connectivity index (χ1n) is 5.67. The summed E-state index contributed by atoms with van der Waals surface area (Å²) in [5, 5.41) is 8.53. The van der Waals surface area contributed by atoms with E-state index in [1.54, 1.807) is 0 Å². The molecular weight excluding hydrogens is 214 g/mol. The topological polar surface area (TPSA) is 63.3 Å². The van der Waals surface area contributed by atoms with Gasteiger partial charge in [0.25, 0.3) is 0 Å². The van der Waals surface area contributed by atoms with Crippen LogP contribution in [0, 0.1) is 0 Å². The monoisotopic (exact) mass is 237 g/mol. The molecule has 0 aliphatic rings. The van der Waals surface area contributed by atoms with Crippen LogP contribution in [-0.2, 0) is 4.79 Å². The van der Waals surface area contributed by atoms with Crippen LogP contribution in [0.15, 0.2) is 0 Å². The number of carbonyl (C=O) groups is 1. The maximum absolute atomic E-state index is 10.4. The van der Waals surface area contributed by atoms with Gasteiger partial charge in [-0.2, -0.15) is 0 Å². The van der Waals surface area contributed by atoms with Gasteiger partial charge in [0, 0.05) is 0 Å². The molecule has 0 radical (unpaired) electrons. The summed E-state index contributed by atoms with van der Waals surface area (Å²) in [6.07, 6.45) is 9.05. The first kappa shape index (κ1) is 17.1. The van der Waals surface area contributed by atoms with Crippen LogP contribution in [0.1, 0.15) is 58.3 Å². The third-order valence-corrected chi connectivity index (χ3v) is 2.44. The number of unbranched alkanes of at least 4 members (excludes halogenated alkanes) is 6. The predicted octanol–water partition coefficient (Wildman–Crippen LogP) is 2.96. The largest absolute Gasteiger partial charge is 0.480 e. The molecule has 0 saturated carbocycles. The van der Waals surface area contributed by atoms with Gasteiger partial charge < -0.3 is 10.8 Å². The van der Waals surface area contributed by atoms with Crippen LogP contribution in [0.4, 0.5) is 0 Å². The van der Waals surface area contributed by atoms with Crippen LogP contribution in [0.2, 0.25) is 0 Å². The van der Waals surface area contributed by atoms with E-state index < -0.39 is 12.0 Å². The summed E-state index contributed by atoms with van der Waals surface area (Å²) in [5.74, 6) is -0.879. The van der Waals surface area contributed by atoms with Crippen molar-refractivity contribution in [3.8, 4) is 0 Å². The first-order valence-corrected chi connectivity index (χ1v) is 5.67. The van der Waals surface area contributed by atoms with Crippen molar-refractivity contribution in [3.05, 3.63) is 0 Å². The van der Waals surface area contributed by atoms with Gasteiger partial charge in [0.1, 0.15) is 6.04 Å². The molecule has 0 aromatic heterocycles. The quantitative estimate of drug-likeness (QED) is 0.606. The number of hydrogen-bond acceptors (Lipinski definition) is 2. The van der Waals surface area contributed by atoms with Crippen molar-refractivity contribution < 1.29 is 9.90 Å². The van der Waals surface area contributed by atoms with Gasteiger partial charge in [0.2, 0.25) is 0 Å². The van der Waals surface area contributed by atoms with E-state index in [0.29, 0.717) is 6.42 Å². The van der Waals surface area contributed by atoms with Crippen molar-refractivity contribution in [2.45, 2.75) is 64.3 Å². The van der Waals surface area contributed by atoms with Gasteiger partial charge in [-0.15, -0.1) is 12.4 Å². The Morgan fingerprint density at radius 1 is 1.13 bits per heavy atom. The predicted molar refractivity (Wildman–Crippen MR) is 65.5 cm³/mol. The zero-order valence-corrected chi connectivity index (χ0v) is 10.4. The number of aliphatic carboxylic acids is 1. The highest BCUT2D eigenvalue weighted by molar-refractivity contribution is 5.85. The molecule has 4 heteroatoms. The van der Waals surface area contributed by atoms with Gasteiger partial charge in [-0.3, -0.25) is 4.79 Å². The minimum atomic E-state index is -0.879. The molecule has 3 nitrogen and oxygen atoms in total. The summed E-state index contributed by atoms with van der Waals surface area (Å²) >= 11 is 0. The highest BCUT2D eigenvalue weighted by Crippen LogP contribution is 2.09. The minimum absolute atomic E-state index is 0. The molecule has 0 aliphatic carbocycles. The lowest BCUT2D eigenvalue weighted by molar-refractivity contribution is -0.138. The lowest BCUT2D eigenvalue weighted by atomic mass is 10.1. The summed E-state index contributed by atoms with van der Waals surface area (Å²) in [4.78, 5) is 10.4. The van der Waals surface area contributed by atoms with Crippen molar-refractivity contribution in [1.29, 1.82) is 0 Å². The SMILES string of the molecule is CCCCCCCCC[C@@H](N)C(=O)O.Cl. The van der Waals surface area contributed by atoms with Gasteiger partial charge in [0.15, 0.2) is 0 Å². The molecular formula is C11H24ClNO2. The Morgan fingerprint density at radius 3 is 2.07 bits per heavy atom. The van der Waals surface area contributed by atoms with E-state index in [-0.39, 0.29) is 12.4 Å². The number of halogens is 1. The van der Waals surface area contributed by atoms with Crippen LogP contribution < -0.4 is 5.73 Å². The Balaban J connectivity index is 0. The molecule has 0 aliphatic heterocycles. The number of carboxylic acid groups (broad SMARTS) is 1. The summed E-state index contributed by atoms with van der Waals surface area (Å²) in [7, 11) is 0. The van der Waals surface area contributed by atoms with Gasteiger partial charge in [-0.05, 0) is 6.42 Å². The second-order valence-electron chi connectivity index (χ2n) is 3.85. The van der Waals surface area contributed by atoms with E-state index in [0.717, 1.165) is 12.8 Å². The zero-order chi connectivity index (χ0) is 10.8. The lowest BCUT2D eigenvalue weighted by Crippen LogP contribution is -2.29. The fourth-order valence-corrected chi connectivity index (χ4v) is 1.44. The Kier molecular flexibility index (Phi) is 13.5. The normalized spacial score (nSPS) is 11.9. The first-order chi connectivity index (χ1) is 6.68. The van der Waals surface area contributed by atoms with Crippen LogP contribution in [0.5, 0.6) is 0 Å². The van der Waals surface area contributed by atoms with Gasteiger partial charge in [0.05, 0.1) is 0 Å². The van der Waals surface area contributed by atoms with Crippen LogP contribution in [0.25, 0.3) is 0 Å². The average molecular weight is 238 g/mol. The second-order valence-corrected chi connectivity index (χ2v) is 3.85. The average Bonchev–Trinajstić information content (AvgIpc) is 2.16. The van der Waals surface area contributed by atoms with Crippen LogP contribution in [0.3, 0.4) is 0 Å². The van der Waals surface area contributed by atoms with Crippen molar-refractivity contribution in [3.63, 3.8) is 0 Å². The Bertz CT molecular complexity index is 154. The van der Waals surface area contributed by atoms with Gasteiger partial charge in [-0.25, -0.2) is 0 Å². The van der Waals surface area contributed by atoms with Gasteiger partial charge >= 0.3 is 5.97 Å². The third-order valence-electron chi connectivity index (χ3n) is 2.44. The van der Waals surface area contributed by atoms with Gasteiger partial charge in [-0.1, -0.05) is 51.9 Å². The van der Waals surface area contributed by atoms with Crippen LogP contribution in [-0.4, -0.2) is 17.1 Å². The number of hydrogen-bond donors (Lipinski definition) is 2. The van der Waals surface area contributed by atoms with Crippen molar-refractivity contribution in [2.24, 2.45) is 5.73 Å². The second kappa shape index (κ2) is 11.8. The Labute approximate surface area is 98.8 Å². The molecule has 0 rings (SSSR count). The molecule has 0 unspecified atom stereocenters. The maximum atomic E-state index is 10.4. The smallest absolute Gasteiger partial charge is 0.320 e. The van der Waals surface area contributed by atoms with Crippen LogP contribution >= 0.6 is 12.4 Å². The maximum Gasteiger partial charge on any atom is 0.320 e. The molecule has 0 aromatic rings. The fraction of sp³-hybridized carbons (Fsp3) is 0.909. The summed E-state index contributed by atoms with van der Waals surface area (Å²) in [6, 6.07) is -0.661. The molecule has 15 heavy (non-hydrogen) atoms. The molecule has 0 aromatic carbocycles. The van der Waals surface area contributed by atoms with Crippen molar-refractivity contribution >= 4 is 18.4 Å². The fourth-order valence-electron chi connectivity index (χ4n) is 1.44. The number of nitrogens with two attached hydrogens (primary N) is 1. The van der Waals surface area contributed by atoms with E-state index in [1.165, 1.54) is 32.1 Å². The Hall–Kier alpha value is -0.280. The van der Waals surface area contributed by atoms with Crippen molar-refractivity contribution in [2.75, 3.05) is 0 Å².